The third kappa shape index (κ3) is 6.59. The van der Waals surface area contributed by atoms with Gasteiger partial charge in [0.05, 0.1) is 35.2 Å². The highest BCUT2D eigenvalue weighted by atomic mass is 32.2. The van der Waals surface area contributed by atoms with E-state index in [4.69, 9.17) is 13.9 Å². The fourth-order valence-corrected chi connectivity index (χ4v) is 7.63. The molecule has 258 valence electrons. The topological polar surface area (TPSA) is 109 Å². The molecule has 0 radical (unpaired) electrons. The minimum atomic E-state index is -4.69. The van der Waals surface area contributed by atoms with Crippen LogP contribution >= 0.6 is 23.1 Å². The Morgan fingerprint density at radius 1 is 1.04 bits per heavy atom. The summed E-state index contributed by atoms with van der Waals surface area (Å²) in [7, 11) is 1.53. The second-order valence-electron chi connectivity index (χ2n) is 11.2. The summed E-state index contributed by atoms with van der Waals surface area (Å²) in [5.41, 5.74) is 0.306. The average molecular weight is 729 g/mol. The predicted octanol–water partition coefficient (Wildman–Crippen LogP) is 7.18. The Morgan fingerprint density at radius 2 is 1.80 bits per heavy atom. The van der Waals surface area contributed by atoms with E-state index in [1.54, 1.807) is 62.4 Å². The Balaban J connectivity index is 1.31. The van der Waals surface area contributed by atoms with Crippen LogP contribution in [0.2, 0.25) is 0 Å². The number of alkyl halides is 3. The van der Waals surface area contributed by atoms with Crippen LogP contribution in [-0.4, -0.2) is 34.2 Å². The lowest BCUT2D eigenvalue weighted by Gasteiger charge is -2.27. The Labute approximate surface area is 296 Å². The van der Waals surface area contributed by atoms with Gasteiger partial charge >= 0.3 is 12.1 Å². The Hall–Kier alpha value is -5.47. The zero-order valence-electron chi connectivity index (χ0n) is 27.2. The highest BCUT2D eigenvalue weighted by molar-refractivity contribution is 7.99. The maximum Gasteiger partial charge on any atom is 0.433 e. The number of rotatable bonds is 8. The number of furan rings is 1. The van der Waals surface area contributed by atoms with Crippen molar-refractivity contribution in [2.45, 2.75) is 36.3 Å². The second kappa shape index (κ2) is 13.7. The number of methoxy groups -OCH3 is 1. The normalized spacial score (nSPS) is 14.8. The fraction of sp³-hybridized carbons (Fsp3) is 0.162. The van der Waals surface area contributed by atoms with Crippen LogP contribution in [-0.2, 0) is 15.7 Å². The first-order chi connectivity index (χ1) is 24.5. The van der Waals surface area contributed by atoms with Gasteiger partial charge in [-0.2, -0.15) is 13.2 Å². The highest BCUT2D eigenvalue weighted by Gasteiger charge is 2.37. The smallest absolute Gasteiger partial charge is 0.433 e. The first-order valence-electron chi connectivity index (χ1n) is 15.6. The first-order valence-corrected chi connectivity index (χ1v) is 17.2. The number of aromatic nitrogens is 3. The molecule has 4 heterocycles. The number of carbonyl (C=O) groups is 1. The number of hydrogen-bond donors (Lipinski definition) is 0. The number of benzene rings is 3. The number of ether oxygens (including phenoxy) is 2. The molecule has 9 nitrogen and oxygen atoms in total. The van der Waals surface area contributed by atoms with Crippen molar-refractivity contribution in [2.75, 3.05) is 13.7 Å². The van der Waals surface area contributed by atoms with Crippen molar-refractivity contribution >= 4 is 45.9 Å². The van der Waals surface area contributed by atoms with Crippen molar-refractivity contribution in [2.24, 2.45) is 4.99 Å². The Kier molecular flexibility index (Phi) is 9.12. The van der Waals surface area contributed by atoms with Gasteiger partial charge in [-0.05, 0) is 60.6 Å². The van der Waals surface area contributed by atoms with Gasteiger partial charge < -0.3 is 13.9 Å². The van der Waals surface area contributed by atoms with E-state index < -0.39 is 29.4 Å². The number of thiazole rings is 1. The van der Waals surface area contributed by atoms with E-state index in [2.05, 4.69) is 15.0 Å². The van der Waals surface area contributed by atoms with Gasteiger partial charge in [-0.25, -0.2) is 19.8 Å². The number of allylic oxidation sites excluding steroid dienone is 1. The van der Waals surface area contributed by atoms with Gasteiger partial charge in [0.15, 0.2) is 15.1 Å². The number of carbonyl (C=O) groups excluding carboxylic acids is 1. The highest BCUT2D eigenvalue weighted by Crippen LogP contribution is 2.40. The number of esters is 1. The molecular formula is C37H27F3N4O5S2. The van der Waals surface area contributed by atoms with Crippen LogP contribution in [0.5, 0.6) is 5.75 Å². The third-order valence-corrected chi connectivity index (χ3v) is 9.84. The molecule has 0 amide bonds. The lowest BCUT2D eigenvalue weighted by atomic mass is 9.90. The van der Waals surface area contributed by atoms with Crippen LogP contribution in [0, 0.1) is 0 Å². The van der Waals surface area contributed by atoms with Crippen molar-refractivity contribution in [3.05, 3.63) is 133 Å². The van der Waals surface area contributed by atoms with Crippen LogP contribution in [0.25, 0.3) is 28.1 Å². The van der Waals surface area contributed by atoms with Crippen LogP contribution in [0.15, 0.2) is 121 Å². The van der Waals surface area contributed by atoms with Gasteiger partial charge in [0.1, 0.15) is 23.2 Å². The summed E-state index contributed by atoms with van der Waals surface area (Å²) in [4.78, 5) is 40.8. The van der Waals surface area contributed by atoms with Crippen molar-refractivity contribution in [3.63, 3.8) is 0 Å². The minimum absolute atomic E-state index is 0.114. The molecule has 51 heavy (non-hydrogen) atoms. The molecule has 0 N–H and O–H groups in total. The average Bonchev–Trinajstić information content (AvgIpc) is 3.69. The van der Waals surface area contributed by atoms with Gasteiger partial charge in [-0.15, -0.1) is 0 Å². The SMILES string of the molecule is CCOC(=O)C1=C(C)N=c2s/c(=C/c3ccc(Sc4nc(-c5ccccc5)cc(C(F)(F)F)n4)o3)c(=O)n2[C@H]1c1c(OC)ccc2ccccc12. The quantitative estimate of drug-likeness (QED) is 0.120. The van der Waals surface area contributed by atoms with Gasteiger partial charge in [0.2, 0.25) is 0 Å². The summed E-state index contributed by atoms with van der Waals surface area (Å²) in [6.45, 7) is 3.52. The number of hydrogen-bond acceptors (Lipinski definition) is 10. The molecule has 0 saturated carbocycles. The molecule has 3 aromatic carbocycles. The monoisotopic (exact) mass is 728 g/mol. The van der Waals surface area contributed by atoms with Crippen LogP contribution < -0.4 is 19.6 Å². The summed E-state index contributed by atoms with van der Waals surface area (Å²) >= 11 is 1.93. The van der Waals surface area contributed by atoms with E-state index in [0.717, 1.165) is 39.9 Å². The zero-order valence-corrected chi connectivity index (χ0v) is 28.9. The van der Waals surface area contributed by atoms with Gasteiger partial charge in [0.25, 0.3) is 5.56 Å². The Morgan fingerprint density at radius 3 is 2.55 bits per heavy atom. The predicted molar refractivity (Wildman–Crippen MR) is 186 cm³/mol. The molecule has 0 aliphatic carbocycles. The summed E-state index contributed by atoms with van der Waals surface area (Å²) in [5.74, 6) is 0.135. The zero-order chi connectivity index (χ0) is 35.9. The Bertz CT molecular complexity index is 2520. The van der Waals surface area contributed by atoms with Crippen molar-refractivity contribution in [3.8, 4) is 17.0 Å². The lowest BCUT2D eigenvalue weighted by Crippen LogP contribution is -2.40. The fourth-order valence-electron chi connectivity index (χ4n) is 5.86. The van der Waals surface area contributed by atoms with E-state index in [0.29, 0.717) is 27.4 Å². The lowest BCUT2D eigenvalue weighted by molar-refractivity contribution is -0.141. The van der Waals surface area contributed by atoms with E-state index >= 15 is 0 Å². The summed E-state index contributed by atoms with van der Waals surface area (Å²) < 4.78 is 60.2. The van der Waals surface area contributed by atoms with E-state index in [1.165, 1.54) is 17.8 Å². The number of fused-ring (bicyclic) bond motifs is 2. The van der Waals surface area contributed by atoms with Gasteiger partial charge in [0, 0.05) is 17.2 Å². The third-order valence-electron chi connectivity index (χ3n) is 8.07. The molecule has 0 spiro atoms. The number of halogens is 3. The maximum atomic E-state index is 14.3. The largest absolute Gasteiger partial charge is 0.496 e. The molecule has 7 rings (SSSR count). The molecule has 0 bridgehead atoms. The summed E-state index contributed by atoms with van der Waals surface area (Å²) in [6.07, 6.45) is -3.17. The minimum Gasteiger partial charge on any atom is -0.496 e. The first kappa shape index (κ1) is 34.0. The van der Waals surface area contributed by atoms with Crippen molar-refractivity contribution in [1.29, 1.82) is 0 Å². The van der Waals surface area contributed by atoms with E-state index in [-0.39, 0.29) is 38.4 Å². The molecule has 14 heteroatoms. The number of nitrogens with zero attached hydrogens (tertiary/aromatic N) is 4. The molecule has 1 atom stereocenters. The molecule has 0 saturated heterocycles. The standard InChI is InChI=1S/C37H27F3N4O5S2/c1-4-48-34(46)30-20(2)41-36-44(32(30)31-24-13-9-8-10-21(24)14-16-26(31)47-3)33(45)27(50-36)18-23-15-17-29(49-23)51-35-42-25(22-11-6-5-7-12-22)19-28(43-35)37(38,39)40/h5-19,32H,4H2,1-3H3/b27-18+/t32-/m1/s1. The van der Waals surface area contributed by atoms with Gasteiger partial charge in [-0.1, -0.05) is 72.0 Å². The summed E-state index contributed by atoms with van der Waals surface area (Å²) in [5, 5.41) is 1.73. The molecule has 6 aromatic rings. The van der Waals surface area contributed by atoms with Crippen molar-refractivity contribution in [1.82, 2.24) is 14.5 Å². The van der Waals surface area contributed by atoms with E-state index in [9.17, 15) is 22.8 Å². The van der Waals surface area contributed by atoms with E-state index in [1.807, 2.05) is 30.3 Å². The van der Waals surface area contributed by atoms with Gasteiger partial charge in [-0.3, -0.25) is 9.36 Å². The van der Waals surface area contributed by atoms with Crippen LogP contribution in [0.1, 0.15) is 36.9 Å². The maximum absolute atomic E-state index is 14.3. The molecule has 0 fully saturated rings. The second-order valence-corrected chi connectivity index (χ2v) is 13.2. The summed E-state index contributed by atoms with van der Waals surface area (Å²) in [6, 6.07) is 22.9. The molecule has 1 aliphatic rings. The van der Waals surface area contributed by atoms with Crippen molar-refractivity contribution < 1.29 is 31.9 Å². The van der Waals surface area contributed by atoms with Crippen LogP contribution in [0.3, 0.4) is 0 Å². The molecule has 0 unspecified atom stereocenters. The molecule has 3 aromatic heterocycles. The molecular weight excluding hydrogens is 702 g/mol. The molecule has 1 aliphatic heterocycles. The van der Waals surface area contributed by atoms with Crippen LogP contribution in [0.4, 0.5) is 13.2 Å².